The molecule has 3 aromatic carbocycles. The second-order valence-corrected chi connectivity index (χ2v) is 10.5. The average molecular weight is 541 g/mol. The fourth-order valence-corrected chi connectivity index (χ4v) is 6.59. The molecule has 4 aromatic rings. The van der Waals surface area contributed by atoms with Crippen LogP contribution in [0, 0.1) is 17.1 Å². The third-order valence-electron chi connectivity index (χ3n) is 8.23. The Kier molecular flexibility index (Phi) is 5.72. The number of hydrogen-bond donors (Lipinski definition) is 0. The van der Waals surface area contributed by atoms with Crippen LogP contribution in [0.5, 0.6) is 0 Å². The van der Waals surface area contributed by atoms with Crippen LogP contribution in [0.1, 0.15) is 30.4 Å². The molecule has 3 aliphatic rings. The van der Waals surface area contributed by atoms with Crippen LogP contribution in [0.4, 0.5) is 15.8 Å². The highest BCUT2D eigenvalue weighted by atomic mass is 19.1. The number of nitriles is 1. The van der Waals surface area contributed by atoms with Gasteiger partial charge in [-0.05, 0) is 60.9 Å². The Morgan fingerprint density at radius 2 is 1.56 bits per heavy atom. The highest BCUT2D eigenvalue weighted by Gasteiger charge is 2.62. The number of halogens is 1. The van der Waals surface area contributed by atoms with Crippen molar-refractivity contribution in [2.24, 2.45) is 0 Å². The maximum Gasteiger partial charge on any atom is 0.248 e. The molecule has 2 aliphatic heterocycles. The zero-order valence-electron chi connectivity index (χ0n) is 22.1. The lowest BCUT2D eigenvalue weighted by molar-refractivity contribution is -0.124. The summed E-state index contributed by atoms with van der Waals surface area (Å²) in [5.74, 6) is -0.394. The molecule has 0 saturated carbocycles. The van der Waals surface area contributed by atoms with Gasteiger partial charge in [-0.25, -0.2) is 4.39 Å². The summed E-state index contributed by atoms with van der Waals surface area (Å²) in [6, 6.07) is 29.3. The molecule has 6 nitrogen and oxygen atoms in total. The van der Waals surface area contributed by atoms with Gasteiger partial charge in [-0.3, -0.25) is 14.5 Å². The number of benzene rings is 3. The second-order valence-electron chi connectivity index (χ2n) is 10.5. The van der Waals surface area contributed by atoms with Crippen LogP contribution in [-0.4, -0.2) is 16.3 Å². The highest BCUT2D eigenvalue weighted by molar-refractivity contribution is 6.22. The molecular weight excluding hydrogens is 515 g/mol. The summed E-state index contributed by atoms with van der Waals surface area (Å²) in [5, 5.41) is 11.0. The van der Waals surface area contributed by atoms with E-state index in [2.05, 4.69) is 6.07 Å². The molecular formula is C34H25FN4O2. The van der Waals surface area contributed by atoms with Gasteiger partial charge < -0.3 is 9.47 Å². The third kappa shape index (κ3) is 3.54. The first-order valence-electron chi connectivity index (χ1n) is 13.6. The molecule has 0 saturated heterocycles. The molecule has 7 heteroatoms. The molecule has 7 rings (SSSR count). The van der Waals surface area contributed by atoms with Crippen molar-refractivity contribution in [3.63, 3.8) is 0 Å². The van der Waals surface area contributed by atoms with E-state index in [0.29, 0.717) is 53.4 Å². The highest BCUT2D eigenvalue weighted by Crippen LogP contribution is 2.58. The van der Waals surface area contributed by atoms with Crippen LogP contribution < -0.4 is 9.80 Å². The molecule has 1 spiro atoms. The number of allylic oxidation sites excluding steroid dienone is 1. The van der Waals surface area contributed by atoms with Gasteiger partial charge in [-0.1, -0.05) is 48.5 Å². The lowest BCUT2D eigenvalue weighted by Gasteiger charge is -2.45. The van der Waals surface area contributed by atoms with Gasteiger partial charge in [-0.15, -0.1) is 0 Å². The van der Waals surface area contributed by atoms with Gasteiger partial charge in [0.15, 0.2) is 5.78 Å². The Bertz CT molecular complexity index is 1800. The van der Waals surface area contributed by atoms with Crippen LogP contribution in [0.25, 0.3) is 5.82 Å². The Labute approximate surface area is 236 Å². The van der Waals surface area contributed by atoms with Crippen LogP contribution in [-0.2, 0) is 21.5 Å². The number of carbonyl (C=O) groups is 2. The zero-order valence-corrected chi connectivity index (χ0v) is 22.1. The van der Waals surface area contributed by atoms with Gasteiger partial charge in [0.05, 0.1) is 12.1 Å². The number of ketones is 1. The Morgan fingerprint density at radius 1 is 0.854 bits per heavy atom. The predicted molar refractivity (Wildman–Crippen MR) is 154 cm³/mol. The number of nitrogens with zero attached hydrogens (tertiary/aromatic N) is 4. The number of para-hydroxylation sites is 1. The molecule has 1 amide bonds. The molecule has 0 fully saturated rings. The Morgan fingerprint density at radius 3 is 2.29 bits per heavy atom. The minimum Gasteiger partial charge on any atom is -0.309 e. The third-order valence-corrected chi connectivity index (χ3v) is 8.23. The summed E-state index contributed by atoms with van der Waals surface area (Å²) in [7, 11) is 0. The van der Waals surface area contributed by atoms with Crippen molar-refractivity contribution in [1.29, 1.82) is 5.26 Å². The number of Topliss-reactive ketones (excluding diaryl/α,β-unsaturated/α-hetero) is 1. The van der Waals surface area contributed by atoms with E-state index in [4.69, 9.17) is 0 Å². The van der Waals surface area contributed by atoms with E-state index >= 15 is 0 Å². The first kappa shape index (κ1) is 24.8. The summed E-state index contributed by atoms with van der Waals surface area (Å²) in [4.78, 5) is 32.6. The van der Waals surface area contributed by atoms with Gasteiger partial charge in [0, 0.05) is 47.0 Å². The molecule has 200 valence electrons. The van der Waals surface area contributed by atoms with Crippen molar-refractivity contribution < 1.29 is 14.0 Å². The molecule has 1 atom stereocenters. The van der Waals surface area contributed by atoms with Crippen molar-refractivity contribution >= 4 is 28.9 Å². The quantitative estimate of drug-likeness (QED) is 0.303. The van der Waals surface area contributed by atoms with Crippen LogP contribution in [0.3, 0.4) is 0 Å². The van der Waals surface area contributed by atoms with Crippen LogP contribution >= 0.6 is 0 Å². The summed E-state index contributed by atoms with van der Waals surface area (Å²) in [5.41, 5.74) is 2.43. The number of fused-ring (bicyclic) bond motifs is 3. The van der Waals surface area contributed by atoms with Crippen molar-refractivity contribution in [3.8, 4) is 6.07 Å². The second kappa shape index (κ2) is 9.46. The van der Waals surface area contributed by atoms with Gasteiger partial charge in [0.25, 0.3) is 0 Å². The Balaban J connectivity index is 1.57. The van der Waals surface area contributed by atoms with Crippen LogP contribution in [0.2, 0.25) is 0 Å². The van der Waals surface area contributed by atoms with E-state index in [0.717, 1.165) is 5.56 Å². The maximum absolute atomic E-state index is 15.0. The van der Waals surface area contributed by atoms with Crippen molar-refractivity contribution in [2.75, 3.05) is 9.80 Å². The molecule has 0 radical (unpaired) electrons. The molecule has 1 aromatic heterocycles. The number of hydrogen-bond acceptors (Lipinski definition) is 4. The summed E-state index contributed by atoms with van der Waals surface area (Å²) in [6.07, 6.45) is 5.05. The molecule has 1 unspecified atom stereocenters. The molecule has 3 heterocycles. The largest absolute Gasteiger partial charge is 0.309 e. The lowest BCUT2D eigenvalue weighted by Crippen LogP contribution is -2.51. The smallest absolute Gasteiger partial charge is 0.248 e. The number of carbonyl (C=O) groups excluding carboxylic acids is 2. The lowest BCUT2D eigenvalue weighted by atomic mass is 9.63. The Hall–Kier alpha value is -5.22. The molecule has 1 aliphatic carbocycles. The molecule has 41 heavy (non-hydrogen) atoms. The fourth-order valence-electron chi connectivity index (χ4n) is 6.59. The van der Waals surface area contributed by atoms with E-state index in [-0.39, 0.29) is 29.5 Å². The summed E-state index contributed by atoms with van der Waals surface area (Å²) >= 11 is 0. The average Bonchev–Trinajstić information content (AvgIpc) is 3.61. The van der Waals surface area contributed by atoms with Crippen molar-refractivity contribution in [1.82, 2.24) is 4.57 Å². The maximum atomic E-state index is 15.0. The first-order valence-corrected chi connectivity index (χ1v) is 13.6. The SMILES string of the molecule is N#CC1=C(n2cccc2)N(c2ccc(F)cc2)C2=C(C(=O)CCC2)C12C(=O)N(Cc1ccccc1)c1ccccc12. The van der Waals surface area contributed by atoms with Gasteiger partial charge in [0.2, 0.25) is 5.91 Å². The van der Waals surface area contributed by atoms with Crippen molar-refractivity contribution in [2.45, 2.75) is 31.2 Å². The van der Waals surface area contributed by atoms with Crippen molar-refractivity contribution in [3.05, 3.63) is 137 Å². The number of anilines is 2. The monoisotopic (exact) mass is 540 g/mol. The molecule has 0 N–H and O–H groups in total. The first-order chi connectivity index (χ1) is 20.1. The minimum atomic E-state index is -1.61. The van der Waals surface area contributed by atoms with E-state index in [1.54, 1.807) is 17.0 Å². The van der Waals surface area contributed by atoms with E-state index < -0.39 is 5.41 Å². The van der Waals surface area contributed by atoms with Crippen LogP contribution in [0.15, 0.2) is 120 Å². The topological polar surface area (TPSA) is 69.3 Å². The number of aromatic nitrogens is 1. The predicted octanol–water partition coefficient (Wildman–Crippen LogP) is 6.33. The van der Waals surface area contributed by atoms with E-state index in [1.165, 1.54) is 12.1 Å². The van der Waals surface area contributed by atoms with E-state index in [1.807, 2.05) is 88.6 Å². The fraction of sp³-hybridized carbons (Fsp3) is 0.147. The summed E-state index contributed by atoms with van der Waals surface area (Å²) < 4.78 is 15.8. The number of amides is 1. The minimum absolute atomic E-state index is 0.151. The summed E-state index contributed by atoms with van der Waals surface area (Å²) in [6.45, 7) is 0.300. The van der Waals surface area contributed by atoms with Gasteiger partial charge in [0.1, 0.15) is 23.1 Å². The normalized spacial score (nSPS) is 20.0. The number of rotatable bonds is 4. The van der Waals surface area contributed by atoms with Gasteiger partial charge in [-0.2, -0.15) is 5.26 Å². The zero-order chi connectivity index (χ0) is 28.1. The molecule has 0 bridgehead atoms. The van der Waals surface area contributed by atoms with Gasteiger partial charge >= 0.3 is 0 Å². The van der Waals surface area contributed by atoms with E-state index in [9.17, 15) is 19.2 Å². The standard InChI is InChI=1S/C34H25FN4O2/c35-24-15-17-25(18-16-24)39-29-13-8-14-30(40)31(29)34(27(21-36)32(39)37-19-6-7-20-37)26-11-4-5-12-28(26)38(33(34)41)22-23-9-2-1-3-10-23/h1-7,9-12,15-20H,8,13-14,22H2.